The van der Waals surface area contributed by atoms with Crippen molar-refractivity contribution in [2.24, 2.45) is 0 Å². The fourth-order valence-electron chi connectivity index (χ4n) is 2.42. The Morgan fingerprint density at radius 3 is 1.96 bits per heavy atom. The number of esters is 1. The van der Waals surface area contributed by atoms with Gasteiger partial charge in [-0.05, 0) is 43.3 Å². The van der Waals surface area contributed by atoms with Gasteiger partial charge in [0.25, 0.3) is 0 Å². The van der Waals surface area contributed by atoms with E-state index >= 15 is 0 Å². The largest absolute Gasteiger partial charge is 0.618 e. The number of carbonyl (C=O) groups excluding carboxylic acids is 1. The zero-order valence-electron chi connectivity index (χ0n) is 13.4. The first-order valence-corrected chi connectivity index (χ1v) is 7.43. The zero-order chi connectivity index (χ0) is 17.1. The lowest BCUT2D eigenvalue weighted by atomic mass is 10.1. The number of benzene rings is 2. The highest BCUT2D eigenvalue weighted by atomic mass is 16.5. The summed E-state index contributed by atoms with van der Waals surface area (Å²) in [6.07, 6.45) is 3.06. The molecule has 0 fully saturated rings. The standard InChI is InChI=1S/C19H16N2O3/c1-13-3-5-14(6-4-13)17-11-20-12-18(21(17)23)15-7-9-16(10-8-15)19(22)24-2/h3-12H,1-2H3. The number of methoxy groups -OCH3 is 1. The molecule has 0 aliphatic heterocycles. The second-order valence-corrected chi connectivity index (χ2v) is 5.41. The van der Waals surface area contributed by atoms with Crippen LogP contribution in [0.2, 0.25) is 0 Å². The molecular weight excluding hydrogens is 304 g/mol. The molecule has 0 unspecified atom stereocenters. The van der Waals surface area contributed by atoms with Gasteiger partial charge >= 0.3 is 5.97 Å². The average Bonchev–Trinajstić information content (AvgIpc) is 2.62. The predicted molar refractivity (Wildman–Crippen MR) is 90.1 cm³/mol. The van der Waals surface area contributed by atoms with Crippen molar-refractivity contribution < 1.29 is 14.3 Å². The van der Waals surface area contributed by atoms with Crippen molar-refractivity contribution in [3.05, 3.63) is 77.3 Å². The smallest absolute Gasteiger partial charge is 0.337 e. The first kappa shape index (κ1) is 15.7. The van der Waals surface area contributed by atoms with Gasteiger partial charge in [-0.2, -0.15) is 4.73 Å². The lowest BCUT2D eigenvalue weighted by molar-refractivity contribution is -0.582. The Labute approximate surface area is 139 Å². The van der Waals surface area contributed by atoms with Crippen LogP contribution in [0.4, 0.5) is 0 Å². The van der Waals surface area contributed by atoms with E-state index in [9.17, 15) is 10.0 Å². The highest BCUT2D eigenvalue weighted by Gasteiger charge is 2.16. The van der Waals surface area contributed by atoms with Crippen LogP contribution in [0, 0.1) is 12.1 Å². The number of aromatic nitrogens is 2. The Kier molecular flexibility index (Phi) is 4.24. The molecule has 24 heavy (non-hydrogen) atoms. The van der Waals surface area contributed by atoms with Crippen molar-refractivity contribution in [1.82, 2.24) is 4.98 Å². The second-order valence-electron chi connectivity index (χ2n) is 5.41. The molecule has 0 radical (unpaired) electrons. The van der Waals surface area contributed by atoms with Gasteiger partial charge in [-0.3, -0.25) is 4.98 Å². The summed E-state index contributed by atoms with van der Waals surface area (Å²) >= 11 is 0. The van der Waals surface area contributed by atoms with Gasteiger partial charge in [0.1, 0.15) is 12.4 Å². The molecular formula is C19H16N2O3. The normalized spacial score (nSPS) is 10.4. The van der Waals surface area contributed by atoms with E-state index in [1.165, 1.54) is 13.3 Å². The molecule has 120 valence electrons. The molecule has 5 nitrogen and oxygen atoms in total. The number of ether oxygens (including phenoxy) is 1. The summed E-state index contributed by atoms with van der Waals surface area (Å²) in [5.41, 5.74) is 3.93. The lowest BCUT2D eigenvalue weighted by Crippen LogP contribution is -2.32. The summed E-state index contributed by atoms with van der Waals surface area (Å²) in [5.74, 6) is -0.414. The quantitative estimate of drug-likeness (QED) is 0.422. The van der Waals surface area contributed by atoms with Crippen LogP contribution in [0.5, 0.6) is 0 Å². The summed E-state index contributed by atoms with van der Waals surface area (Å²) in [4.78, 5) is 15.7. The minimum Gasteiger partial charge on any atom is -0.618 e. The molecule has 1 heterocycles. The third-order valence-corrected chi connectivity index (χ3v) is 3.78. The predicted octanol–water partition coefficient (Wildman–Crippen LogP) is 3.14. The van der Waals surface area contributed by atoms with Crippen molar-refractivity contribution in [1.29, 1.82) is 0 Å². The Balaban J connectivity index is 2.02. The van der Waals surface area contributed by atoms with Crippen molar-refractivity contribution >= 4 is 5.97 Å². The number of hydrogen-bond donors (Lipinski definition) is 0. The van der Waals surface area contributed by atoms with Crippen LogP contribution in [0.25, 0.3) is 22.5 Å². The fourth-order valence-corrected chi connectivity index (χ4v) is 2.42. The van der Waals surface area contributed by atoms with E-state index in [0.717, 1.165) is 15.9 Å². The minimum atomic E-state index is -0.414. The van der Waals surface area contributed by atoms with Gasteiger partial charge in [0, 0.05) is 11.1 Å². The Morgan fingerprint density at radius 2 is 1.46 bits per heavy atom. The highest BCUT2D eigenvalue weighted by Crippen LogP contribution is 2.20. The van der Waals surface area contributed by atoms with E-state index in [0.29, 0.717) is 22.5 Å². The summed E-state index contributed by atoms with van der Waals surface area (Å²) in [6.45, 7) is 1.99. The van der Waals surface area contributed by atoms with Crippen LogP contribution >= 0.6 is 0 Å². The summed E-state index contributed by atoms with van der Waals surface area (Å²) in [5, 5.41) is 12.7. The molecule has 0 aliphatic rings. The maximum Gasteiger partial charge on any atom is 0.337 e. The average molecular weight is 320 g/mol. The number of aryl methyl sites for hydroxylation is 1. The molecule has 0 N–H and O–H groups in total. The Morgan fingerprint density at radius 1 is 0.958 bits per heavy atom. The van der Waals surface area contributed by atoms with Crippen LogP contribution in [-0.2, 0) is 4.74 Å². The third kappa shape index (κ3) is 2.96. The van der Waals surface area contributed by atoms with Gasteiger partial charge in [-0.1, -0.05) is 17.7 Å². The molecule has 3 aromatic rings. The van der Waals surface area contributed by atoms with Gasteiger partial charge in [0.2, 0.25) is 11.4 Å². The molecule has 5 heteroatoms. The molecule has 0 amide bonds. The van der Waals surface area contributed by atoms with E-state index in [1.54, 1.807) is 30.5 Å². The first-order chi connectivity index (χ1) is 11.6. The third-order valence-electron chi connectivity index (χ3n) is 3.78. The number of carbonyl (C=O) groups is 1. The monoisotopic (exact) mass is 320 g/mol. The molecule has 0 saturated carbocycles. The molecule has 0 spiro atoms. The molecule has 0 aliphatic carbocycles. The molecule has 2 aromatic carbocycles. The SMILES string of the molecule is COC(=O)c1ccc(-c2cncc(-c3ccc(C)cc3)[n+]2[O-])cc1. The second kappa shape index (κ2) is 6.50. The van der Waals surface area contributed by atoms with E-state index in [-0.39, 0.29) is 0 Å². The van der Waals surface area contributed by atoms with Gasteiger partial charge in [0.15, 0.2) is 0 Å². The van der Waals surface area contributed by atoms with E-state index in [1.807, 2.05) is 31.2 Å². The highest BCUT2D eigenvalue weighted by molar-refractivity contribution is 5.89. The summed E-state index contributed by atoms with van der Waals surface area (Å²) < 4.78 is 5.53. The zero-order valence-corrected chi connectivity index (χ0v) is 13.4. The Hall–Kier alpha value is -3.21. The first-order valence-electron chi connectivity index (χ1n) is 7.43. The van der Waals surface area contributed by atoms with Crippen molar-refractivity contribution in [2.45, 2.75) is 6.92 Å². The van der Waals surface area contributed by atoms with Crippen molar-refractivity contribution in [2.75, 3.05) is 7.11 Å². The van der Waals surface area contributed by atoms with Gasteiger partial charge in [0.05, 0.1) is 12.7 Å². The van der Waals surface area contributed by atoms with Gasteiger partial charge < -0.3 is 9.94 Å². The van der Waals surface area contributed by atoms with Crippen LogP contribution < -0.4 is 4.73 Å². The summed E-state index contributed by atoms with van der Waals surface area (Å²) in [6, 6.07) is 14.3. The van der Waals surface area contributed by atoms with Crippen LogP contribution in [-0.4, -0.2) is 18.1 Å². The van der Waals surface area contributed by atoms with Crippen LogP contribution in [0.1, 0.15) is 15.9 Å². The van der Waals surface area contributed by atoms with E-state index < -0.39 is 5.97 Å². The van der Waals surface area contributed by atoms with Crippen LogP contribution in [0.15, 0.2) is 60.9 Å². The van der Waals surface area contributed by atoms with E-state index in [4.69, 9.17) is 0 Å². The molecule has 3 rings (SSSR count). The molecule has 0 bridgehead atoms. The van der Waals surface area contributed by atoms with Crippen molar-refractivity contribution in [3.63, 3.8) is 0 Å². The Bertz CT molecular complexity index is 872. The minimum absolute atomic E-state index is 0.414. The van der Waals surface area contributed by atoms with Crippen LogP contribution in [0.3, 0.4) is 0 Å². The van der Waals surface area contributed by atoms with Gasteiger partial charge in [-0.15, -0.1) is 0 Å². The maximum absolute atomic E-state index is 12.7. The lowest BCUT2D eigenvalue weighted by Gasteiger charge is -2.09. The molecule has 0 atom stereocenters. The molecule has 0 saturated heterocycles. The summed E-state index contributed by atoms with van der Waals surface area (Å²) in [7, 11) is 1.33. The molecule has 1 aromatic heterocycles. The number of rotatable bonds is 3. The van der Waals surface area contributed by atoms with Crippen molar-refractivity contribution in [3.8, 4) is 22.5 Å². The fraction of sp³-hybridized carbons (Fsp3) is 0.105. The number of nitrogens with zero attached hydrogens (tertiary/aromatic N) is 2. The maximum atomic E-state index is 12.7. The topological polar surface area (TPSA) is 66.1 Å². The van der Waals surface area contributed by atoms with E-state index in [2.05, 4.69) is 9.72 Å². The number of hydrogen-bond acceptors (Lipinski definition) is 4. The van der Waals surface area contributed by atoms with Gasteiger partial charge in [-0.25, -0.2) is 4.79 Å².